The maximum Gasteiger partial charge on any atom is -0.00199 e. The summed E-state index contributed by atoms with van der Waals surface area (Å²) in [5.41, 5.74) is 5.09. The average molecular weight is 705 g/mol. The van der Waals surface area contributed by atoms with E-state index in [0.29, 0.717) is 0 Å². The molecule has 13 aromatic rings. The lowest BCUT2D eigenvalue weighted by atomic mass is 9.82. The zero-order chi connectivity index (χ0) is 36.5. The molecule has 0 unspecified atom stereocenters. The lowest BCUT2D eigenvalue weighted by Gasteiger charge is -2.21. The van der Waals surface area contributed by atoms with Crippen LogP contribution >= 0.6 is 0 Å². The number of hydrogen-bond acceptors (Lipinski definition) is 0. The van der Waals surface area contributed by atoms with Gasteiger partial charge in [-0.3, -0.25) is 0 Å². The molecular weight excluding hydrogens is 673 g/mol. The number of rotatable bonds is 2. The first kappa shape index (κ1) is 30.1. The molecule has 0 atom stereocenters. The standard InChI is InChI=1S/C56H32/c1-2-16-39-36(12-1)31-49(41-18-4-3-17-40(39)41)56-46-21-7-5-19-42(46)51(43-20-6-8-22-47(43)56)38-30-37-29-28-35-14-10-24-45-44-23-9-13-33-26-27-34-15-11-25-48(54(34)52(33)44)50(32-38)55(37)53(35)45/h1-32H. The van der Waals surface area contributed by atoms with Crippen LogP contribution < -0.4 is 0 Å². The summed E-state index contributed by atoms with van der Waals surface area (Å²) in [5, 5.41) is 25.8. The van der Waals surface area contributed by atoms with Gasteiger partial charge in [-0.2, -0.15) is 0 Å². The fourth-order valence-electron chi connectivity index (χ4n) is 10.4. The number of hydrogen-bond donors (Lipinski definition) is 0. The van der Waals surface area contributed by atoms with E-state index in [1.807, 2.05) is 0 Å². The zero-order valence-electron chi connectivity index (χ0n) is 30.5. The van der Waals surface area contributed by atoms with E-state index >= 15 is 0 Å². The highest BCUT2D eigenvalue weighted by Gasteiger charge is 2.21. The Morgan fingerprint density at radius 1 is 0.196 bits per heavy atom. The molecule has 0 aliphatic carbocycles. The zero-order valence-corrected chi connectivity index (χ0v) is 30.5. The summed E-state index contributed by atoms with van der Waals surface area (Å²) >= 11 is 0. The van der Waals surface area contributed by atoms with Gasteiger partial charge in [0.2, 0.25) is 0 Å². The predicted molar refractivity (Wildman–Crippen MR) is 244 cm³/mol. The second-order valence-corrected chi connectivity index (χ2v) is 15.5. The second-order valence-electron chi connectivity index (χ2n) is 15.5. The van der Waals surface area contributed by atoms with Gasteiger partial charge in [0.1, 0.15) is 0 Å². The van der Waals surface area contributed by atoms with Crippen LogP contribution in [-0.4, -0.2) is 0 Å². The molecule has 0 amide bonds. The van der Waals surface area contributed by atoms with Crippen LogP contribution in [0, 0.1) is 0 Å². The smallest absolute Gasteiger partial charge is 0.00199 e. The summed E-state index contributed by atoms with van der Waals surface area (Å²) in [5.74, 6) is 0. The molecule has 0 bridgehead atoms. The van der Waals surface area contributed by atoms with E-state index in [4.69, 9.17) is 0 Å². The summed E-state index contributed by atoms with van der Waals surface area (Å²) in [6.07, 6.45) is 0. The fourth-order valence-corrected chi connectivity index (χ4v) is 10.4. The average Bonchev–Trinajstić information content (AvgIpc) is 3.26. The molecule has 0 radical (unpaired) electrons. The third-order valence-electron chi connectivity index (χ3n) is 12.7. The largest absolute Gasteiger partial charge is 0.0616 e. The van der Waals surface area contributed by atoms with Gasteiger partial charge in [-0.1, -0.05) is 176 Å². The van der Waals surface area contributed by atoms with Crippen molar-refractivity contribution >= 4 is 108 Å². The first-order chi connectivity index (χ1) is 27.8. The molecule has 13 aromatic carbocycles. The van der Waals surface area contributed by atoms with Crippen molar-refractivity contribution in [2.75, 3.05) is 0 Å². The lowest BCUT2D eigenvalue weighted by Crippen LogP contribution is -1.93. The van der Waals surface area contributed by atoms with E-state index in [1.165, 1.54) is 130 Å². The van der Waals surface area contributed by atoms with Gasteiger partial charge in [-0.25, -0.2) is 0 Å². The van der Waals surface area contributed by atoms with Gasteiger partial charge in [0.25, 0.3) is 0 Å². The maximum atomic E-state index is 2.51. The minimum absolute atomic E-state index is 1.24. The van der Waals surface area contributed by atoms with E-state index in [1.54, 1.807) is 0 Å². The molecule has 0 saturated heterocycles. The van der Waals surface area contributed by atoms with Gasteiger partial charge in [0, 0.05) is 0 Å². The van der Waals surface area contributed by atoms with E-state index in [-0.39, 0.29) is 0 Å². The topological polar surface area (TPSA) is 0 Å². The molecule has 0 aliphatic heterocycles. The van der Waals surface area contributed by atoms with Crippen LogP contribution in [0.4, 0.5) is 0 Å². The van der Waals surface area contributed by atoms with Crippen LogP contribution in [0.15, 0.2) is 194 Å². The van der Waals surface area contributed by atoms with Gasteiger partial charge in [0.15, 0.2) is 0 Å². The Bertz CT molecular complexity index is 3750. The first-order valence-electron chi connectivity index (χ1n) is 19.6. The lowest BCUT2D eigenvalue weighted by molar-refractivity contribution is 1.70. The van der Waals surface area contributed by atoms with Crippen LogP contribution in [0.2, 0.25) is 0 Å². The summed E-state index contributed by atoms with van der Waals surface area (Å²) in [4.78, 5) is 0. The van der Waals surface area contributed by atoms with Gasteiger partial charge >= 0.3 is 0 Å². The second kappa shape index (κ2) is 11.1. The Morgan fingerprint density at radius 2 is 0.589 bits per heavy atom. The van der Waals surface area contributed by atoms with Crippen molar-refractivity contribution in [3.63, 3.8) is 0 Å². The van der Waals surface area contributed by atoms with E-state index in [9.17, 15) is 0 Å². The van der Waals surface area contributed by atoms with Crippen molar-refractivity contribution in [1.29, 1.82) is 0 Å². The molecule has 0 spiro atoms. The van der Waals surface area contributed by atoms with Crippen molar-refractivity contribution in [2.45, 2.75) is 0 Å². The summed E-state index contributed by atoms with van der Waals surface area (Å²) in [7, 11) is 0. The molecule has 56 heavy (non-hydrogen) atoms. The normalized spacial score (nSPS) is 12.3. The quantitative estimate of drug-likeness (QED) is 0.124. The Morgan fingerprint density at radius 3 is 1.16 bits per heavy atom. The highest BCUT2D eigenvalue weighted by Crippen LogP contribution is 2.49. The molecule has 0 aliphatic rings. The fraction of sp³-hybridized carbons (Fsp3) is 0. The van der Waals surface area contributed by atoms with Gasteiger partial charge < -0.3 is 0 Å². The highest BCUT2D eigenvalue weighted by molar-refractivity contribution is 6.38. The first-order valence-corrected chi connectivity index (χ1v) is 19.6. The molecule has 0 heteroatoms. The minimum atomic E-state index is 1.24. The predicted octanol–water partition coefficient (Wildman–Crippen LogP) is 16.0. The number of benzene rings is 12. The molecule has 0 nitrogen and oxygen atoms in total. The van der Waals surface area contributed by atoms with Crippen LogP contribution in [-0.2, 0) is 0 Å². The summed E-state index contributed by atoms with van der Waals surface area (Å²) in [6, 6.07) is 73.1. The molecule has 0 N–H and O–H groups in total. The third kappa shape index (κ3) is 3.98. The highest BCUT2D eigenvalue weighted by atomic mass is 14.2. The van der Waals surface area contributed by atoms with E-state index in [0.717, 1.165) is 0 Å². The van der Waals surface area contributed by atoms with Crippen molar-refractivity contribution in [1.82, 2.24) is 0 Å². The Hall–Kier alpha value is -7.28. The molecule has 0 heterocycles. The Kier molecular flexibility index (Phi) is 5.98. The SMILES string of the molecule is c1ccc2c(c1)cc(-c1c3ccccc3c(-c3cc4ccc5cccc6c7cccc8ccc9cccc(c(c3)c4c56)c9c87)c3ccccc13)c1ccccc12. The molecule has 0 aromatic heterocycles. The van der Waals surface area contributed by atoms with Gasteiger partial charge in [-0.15, -0.1) is 0 Å². The molecule has 13 rings (SSSR count). The van der Waals surface area contributed by atoms with Crippen molar-refractivity contribution in [3.05, 3.63) is 194 Å². The van der Waals surface area contributed by atoms with Crippen LogP contribution in [0.25, 0.3) is 130 Å². The summed E-state index contributed by atoms with van der Waals surface area (Å²) < 4.78 is 0. The Balaban J connectivity index is 1.23. The van der Waals surface area contributed by atoms with E-state index in [2.05, 4.69) is 194 Å². The van der Waals surface area contributed by atoms with E-state index < -0.39 is 0 Å². The maximum absolute atomic E-state index is 2.51. The van der Waals surface area contributed by atoms with Gasteiger partial charge in [-0.05, 0) is 148 Å². The van der Waals surface area contributed by atoms with Gasteiger partial charge in [0.05, 0.1) is 0 Å². The Labute approximate surface area is 322 Å². The molecular formula is C56H32. The van der Waals surface area contributed by atoms with Crippen LogP contribution in [0.5, 0.6) is 0 Å². The third-order valence-corrected chi connectivity index (χ3v) is 12.7. The van der Waals surface area contributed by atoms with Crippen molar-refractivity contribution in [3.8, 4) is 22.3 Å². The van der Waals surface area contributed by atoms with Crippen LogP contribution in [0.1, 0.15) is 0 Å². The van der Waals surface area contributed by atoms with Crippen LogP contribution in [0.3, 0.4) is 0 Å². The summed E-state index contributed by atoms with van der Waals surface area (Å²) in [6.45, 7) is 0. The molecule has 0 fully saturated rings. The minimum Gasteiger partial charge on any atom is -0.0616 e. The monoisotopic (exact) mass is 704 g/mol. The molecule has 0 saturated carbocycles. The molecule has 256 valence electrons. The number of fused-ring (bicyclic) bond motifs is 7. The van der Waals surface area contributed by atoms with Crippen molar-refractivity contribution < 1.29 is 0 Å². The van der Waals surface area contributed by atoms with Crippen molar-refractivity contribution in [2.24, 2.45) is 0 Å².